The Labute approximate surface area is 140 Å². The fraction of sp³-hybridized carbons (Fsp3) is 0.438. The maximum absolute atomic E-state index is 12.0. The third-order valence-corrected chi connectivity index (χ3v) is 3.84. The minimum Gasteiger partial charge on any atom is -0.383 e. The van der Waals surface area contributed by atoms with E-state index in [9.17, 15) is 14.4 Å². The fourth-order valence-electron chi connectivity index (χ4n) is 2.37. The third-order valence-electron chi connectivity index (χ3n) is 3.84. The number of methoxy groups -OCH3 is 1. The second kappa shape index (κ2) is 7.89. The molecule has 0 spiro atoms. The molecule has 1 atom stereocenters. The Morgan fingerprint density at radius 3 is 2.46 bits per heavy atom. The molecule has 130 valence electrons. The molecule has 0 aromatic heterocycles. The molecule has 8 heteroatoms. The largest absolute Gasteiger partial charge is 0.383 e. The van der Waals surface area contributed by atoms with Gasteiger partial charge in [0.25, 0.3) is 11.8 Å². The number of rotatable bonds is 8. The standard InChI is InChI=1S/C16H22N4O4/c1-16(14(22)19-15(23)20-16)12-5-3-11(4-6-12)13(21)18-8-7-17-9-10-24-2/h3-6,17H,7-10H2,1-2H3,(H,18,21)(H2,19,20,22,23). The molecule has 24 heavy (non-hydrogen) atoms. The van der Waals surface area contributed by atoms with E-state index in [0.717, 1.165) is 6.54 Å². The molecule has 4 amide bonds. The van der Waals surface area contributed by atoms with Crippen LogP contribution in [0, 0.1) is 0 Å². The van der Waals surface area contributed by atoms with Crippen LogP contribution in [0.4, 0.5) is 4.79 Å². The molecule has 1 heterocycles. The molecule has 1 aliphatic heterocycles. The van der Waals surface area contributed by atoms with Crippen LogP contribution in [-0.4, -0.2) is 51.2 Å². The topological polar surface area (TPSA) is 109 Å². The summed E-state index contributed by atoms with van der Waals surface area (Å²) >= 11 is 0. The Morgan fingerprint density at radius 1 is 1.17 bits per heavy atom. The van der Waals surface area contributed by atoms with Crippen LogP contribution in [0.2, 0.25) is 0 Å². The van der Waals surface area contributed by atoms with Gasteiger partial charge in [-0.25, -0.2) is 4.79 Å². The van der Waals surface area contributed by atoms with E-state index in [0.29, 0.717) is 30.8 Å². The maximum Gasteiger partial charge on any atom is 0.322 e. The van der Waals surface area contributed by atoms with Crippen molar-refractivity contribution < 1.29 is 19.1 Å². The van der Waals surface area contributed by atoms with Crippen molar-refractivity contribution in [2.24, 2.45) is 0 Å². The summed E-state index contributed by atoms with van der Waals surface area (Å²) in [4.78, 5) is 35.2. The first-order chi connectivity index (χ1) is 11.5. The highest BCUT2D eigenvalue weighted by Gasteiger charge is 2.43. The van der Waals surface area contributed by atoms with E-state index < -0.39 is 17.5 Å². The van der Waals surface area contributed by atoms with Crippen LogP contribution in [0.3, 0.4) is 0 Å². The normalized spacial score (nSPS) is 19.8. The average Bonchev–Trinajstić information content (AvgIpc) is 2.84. The smallest absolute Gasteiger partial charge is 0.322 e. The molecule has 2 rings (SSSR count). The molecule has 0 aliphatic carbocycles. The van der Waals surface area contributed by atoms with Crippen molar-refractivity contribution in [2.45, 2.75) is 12.5 Å². The number of urea groups is 1. The third kappa shape index (κ3) is 4.09. The fourth-order valence-corrected chi connectivity index (χ4v) is 2.37. The quantitative estimate of drug-likeness (QED) is 0.386. The zero-order chi connectivity index (χ0) is 17.6. The number of benzene rings is 1. The molecule has 4 N–H and O–H groups in total. The number of ether oxygens (including phenoxy) is 1. The number of amides is 4. The number of imide groups is 1. The zero-order valence-electron chi connectivity index (χ0n) is 13.8. The van der Waals surface area contributed by atoms with E-state index in [2.05, 4.69) is 21.3 Å². The van der Waals surface area contributed by atoms with Crippen molar-refractivity contribution in [3.63, 3.8) is 0 Å². The van der Waals surface area contributed by atoms with Gasteiger partial charge >= 0.3 is 6.03 Å². The number of hydrogen-bond acceptors (Lipinski definition) is 5. The summed E-state index contributed by atoms with van der Waals surface area (Å²) in [5, 5.41) is 10.7. The average molecular weight is 334 g/mol. The summed E-state index contributed by atoms with van der Waals surface area (Å²) in [6.07, 6.45) is 0. The summed E-state index contributed by atoms with van der Waals surface area (Å²) in [5.41, 5.74) is -0.00947. The highest BCUT2D eigenvalue weighted by atomic mass is 16.5. The lowest BCUT2D eigenvalue weighted by molar-refractivity contribution is -0.123. The molecule has 0 radical (unpaired) electrons. The molecule has 0 saturated carbocycles. The van der Waals surface area contributed by atoms with Gasteiger partial charge in [-0.15, -0.1) is 0 Å². The van der Waals surface area contributed by atoms with Gasteiger partial charge in [0.1, 0.15) is 5.54 Å². The van der Waals surface area contributed by atoms with Crippen LogP contribution in [-0.2, 0) is 15.1 Å². The maximum atomic E-state index is 12.0. The Morgan fingerprint density at radius 2 is 1.88 bits per heavy atom. The first kappa shape index (κ1) is 17.9. The second-order valence-corrected chi connectivity index (χ2v) is 5.61. The lowest BCUT2D eigenvalue weighted by Gasteiger charge is -2.21. The van der Waals surface area contributed by atoms with Crippen molar-refractivity contribution in [1.82, 2.24) is 21.3 Å². The van der Waals surface area contributed by atoms with Crippen LogP contribution in [0.1, 0.15) is 22.8 Å². The summed E-state index contributed by atoms with van der Waals surface area (Å²) in [7, 11) is 1.63. The first-order valence-corrected chi connectivity index (χ1v) is 7.69. The van der Waals surface area contributed by atoms with E-state index in [-0.39, 0.29) is 5.91 Å². The molecule has 1 aliphatic rings. The highest BCUT2D eigenvalue weighted by Crippen LogP contribution is 2.24. The van der Waals surface area contributed by atoms with Gasteiger partial charge < -0.3 is 20.7 Å². The molecule has 1 aromatic rings. The van der Waals surface area contributed by atoms with Gasteiger partial charge in [0.05, 0.1) is 6.61 Å². The zero-order valence-corrected chi connectivity index (χ0v) is 13.8. The Balaban J connectivity index is 1.89. The van der Waals surface area contributed by atoms with E-state index in [4.69, 9.17) is 4.74 Å². The van der Waals surface area contributed by atoms with E-state index in [1.807, 2.05) is 0 Å². The SMILES string of the molecule is COCCNCCNC(=O)c1ccc(C2(C)NC(=O)NC2=O)cc1. The predicted octanol–water partition coefficient (Wildman–Crippen LogP) is -0.293. The molecule has 1 aromatic carbocycles. The van der Waals surface area contributed by atoms with Crippen LogP contribution in [0.25, 0.3) is 0 Å². The van der Waals surface area contributed by atoms with Crippen LogP contribution >= 0.6 is 0 Å². The van der Waals surface area contributed by atoms with E-state index in [1.165, 1.54) is 0 Å². The van der Waals surface area contributed by atoms with Crippen LogP contribution in [0.15, 0.2) is 24.3 Å². The lowest BCUT2D eigenvalue weighted by atomic mass is 9.91. The number of hydrogen-bond donors (Lipinski definition) is 4. The molecular weight excluding hydrogens is 312 g/mol. The lowest BCUT2D eigenvalue weighted by Crippen LogP contribution is -2.40. The molecule has 8 nitrogen and oxygen atoms in total. The van der Waals surface area contributed by atoms with Gasteiger partial charge in [0.2, 0.25) is 0 Å². The van der Waals surface area contributed by atoms with Crippen molar-refractivity contribution in [3.05, 3.63) is 35.4 Å². The van der Waals surface area contributed by atoms with Crippen molar-refractivity contribution >= 4 is 17.8 Å². The van der Waals surface area contributed by atoms with E-state index >= 15 is 0 Å². The highest BCUT2D eigenvalue weighted by molar-refractivity contribution is 6.07. The number of nitrogens with one attached hydrogen (secondary N) is 4. The Hall–Kier alpha value is -2.45. The monoisotopic (exact) mass is 334 g/mol. The predicted molar refractivity (Wildman–Crippen MR) is 87.5 cm³/mol. The molecular formula is C16H22N4O4. The first-order valence-electron chi connectivity index (χ1n) is 7.69. The molecule has 0 bridgehead atoms. The number of carbonyl (C=O) groups is 3. The van der Waals surface area contributed by atoms with Crippen LogP contribution < -0.4 is 21.3 Å². The molecule has 1 unspecified atom stereocenters. The van der Waals surface area contributed by atoms with Crippen molar-refractivity contribution in [2.75, 3.05) is 33.4 Å². The Bertz CT molecular complexity index is 617. The summed E-state index contributed by atoms with van der Waals surface area (Å²) in [6.45, 7) is 4.12. The van der Waals surface area contributed by atoms with Gasteiger partial charge in [-0.05, 0) is 24.6 Å². The van der Waals surface area contributed by atoms with Crippen LogP contribution in [0.5, 0.6) is 0 Å². The summed E-state index contributed by atoms with van der Waals surface area (Å²) < 4.78 is 4.91. The molecule has 1 saturated heterocycles. The molecule has 1 fully saturated rings. The van der Waals surface area contributed by atoms with Crippen molar-refractivity contribution in [3.8, 4) is 0 Å². The van der Waals surface area contributed by atoms with Gasteiger partial charge in [-0.3, -0.25) is 14.9 Å². The Kier molecular flexibility index (Phi) is 5.88. The van der Waals surface area contributed by atoms with Gasteiger partial charge in [-0.2, -0.15) is 0 Å². The van der Waals surface area contributed by atoms with Gasteiger partial charge in [0, 0.05) is 32.3 Å². The van der Waals surface area contributed by atoms with E-state index in [1.54, 1.807) is 38.3 Å². The van der Waals surface area contributed by atoms with Crippen molar-refractivity contribution in [1.29, 1.82) is 0 Å². The van der Waals surface area contributed by atoms with Gasteiger partial charge in [0.15, 0.2) is 0 Å². The summed E-state index contributed by atoms with van der Waals surface area (Å²) in [5.74, 6) is -0.605. The van der Waals surface area contributed by atoms with Gasteiger partial charge in [-0.1, -0.05) is 12.1 Å². The minimum absolute atomic E-state index is 0.194. The summed E-state index contributed by atoms with van der Waals surface area (Å²) in [6, 6.07) is 6.07. The minimum atomic E-state index is -1.11. The second-order valence-electron chi connectivity index (χ2n) is 5.61. The number of carbonyl (C=O) groups excluding carboxylic acids is 3.